The van der Waals surface area contributed by atoms with Crippen molar-refractivity contribution in [3.63, 3.8) is 0 Å². The lowest BCUT2D eigenvalue weighted by atomic mass is 10.1. The summed E-state index contributed by atoms with van der Waals surface area (Å²) in [5.41, 5.74) is 8.31. The molecule has 0 atom stereocenters. The zero-order chi connectivity index (χ0) is 25.6. The molecule has 2 saturated carbocycles. The quantitative estimate of drug-likeness (QED) is 0.372. The third-order valence-corrected chi connectivity index (χ3v) is 7.59. The van der Waals surface area contributed by atoms with Crippen molar-refractivity contribution in [3.8, 4) is 17.0 Å². The predicted molar refractivity (Wildman–Crippen MR) is 137 cm³/mol. The van der Waals surface area contributed by atoms with E-state index in [0.29, 0.717) is 22.7 Å². The third-order valence-electron chi connectivity index (χ3n) is 6.15. The first-order chi connectivity index (χ1) is 17.2. The molecule has 0 spiro atoms. The Balaban J connectivity index is 1.52. The lowest BCUT2D eigenvalue weighted by Crippen LogP contribution is -2.19. The van der Waals surface area contributed by atoms with Crippen LogP contribution in [0.3, 0.4) is 0 Å². The molecule has 2 amide bonds. The average molecular weight is 510 g/mol. The molecule has 0 aliphatic heterocycles. The highest BCUT2D eigenvalue weighted by Crippen LogP contribution is 2.44. The van der Waals surface area contributed by atoms with Crippen LogP contribution in [0.4, 0.5) is 17.2 Å². The number of para-hydroxylation sites is 1. The van der Waals surface area contributed by atoms with Crippen molar-refractivity contribution in [2.45, 2.75) is 31.7 Å². The number of hydrogen-bond acceptors (Lipinski definition) is 8. The minimum absolute atomic E-state index is 0.0160. The molecule has 2 aliphatic rings. The van der Waals surface area contributed by atoms with Crippen LogP contribution in [0.15, 0.2) is 30.3 Å². The number of primary amides is 1. The van der Waals surface area contributed by atoms with Gasteiger partial charge in [0.1, 0.15) is 7.14 Å². The fourth-order valence-corrected chi connectivity index (χ4v) is 5.15. The van der Waals surface area contributed by atoms with E-state index >= 15 is 0 Å². The van der Waals surface area contributed by atoms with E-state index in [9.17, 15) is 14.2 Å². The van der Waals surface area contributed by atoms with Gasteiger partial charge in [0.2, 0.25) is 5.91 Å². The summed E-state index contributed by atoms with van der Waals surface area (Å²) in [6.07, 6.45) is 3.71. The molecule has 12 heteroatoms. The molecule has 4 N–H and O–H groups in total. The summed E-state index contributed by atoms with van der Waals surface area (Å²) in [7, 11) is -1.02. The number of methoxy groups -OCH3 is 1. The molecule has 2 heterocycles. The van der Waals surface area contributed by atoms with Gasteiger partial charge in [-0.3, -0.25) is 14.3 Å². The Morgan fingerprint density at radius 3 is 2.47 bits per heavy atom. The van der Waals surface area contributed by atoms with E-state index in [-0.39, 0.29) is 35.1 Å². The minimum atomic E-state index is -2.55. The van der Waals surface area contributed by atoms with Gasteiger partial charge in [0.15, 0.2) is 17.3 Å². The van der Waals surface area contributed by atoms with E-state index in [1.807, 2.05) is 22.9 Å². The highest BCUT2D eigenvalue weighted by molar-refractivity contribution is 7.69. The van der Waals surface area contributed by atoms with Gasteiger partial charge in [-0.2, -0.15) is 5.10 Å². The Morgan fingerprint density at radius 1 is 1.11 bits per heavy atom. The number of amides is 2. The van der Waals surface area contributed by atoms with E-state index < -0.39 is 13.0 Å². The highest BCUT2D eigenvalue weighted by atomic mass is 31.2. The molecular formula is C24H28N7O4P. The van der Waals surface area contributed by atoms with Crippen LogP contribution in [-0.2, 0) is 9.36 Å². The number of carbonyl (C=O) groups is 2. The normalized spacial score (nSPS) is 15.4. The molecule has 5 rings (SSSR count). The van der Waals surface area contributed by atoms with Gasteiger partial charge in [0, 0.05) is 17.5 Å². The van der Waals surface area contributed by atoms with Crippen molar-refractivity contribution in [2.75, 3.05) is 31.1 Å². The lowest BCUT2D eigenvalue weighted by molar-refractivity contribution is -0.117. The van der Waals surface area contributed by atoms with Crippen molar-refractivity contribution in [1.29, 1.82) is 0 Å². The Hall–Kier alpha value is -3.72. The van der Waals surface area contributed by atoms with E-state index in [1.54, 1.807) is 19.4 Å². The highest BCUT2D eigenvalue weighted by Gasteiger charge is 2.32. The Bertz CT molecular complexity index is 1410. The van der Waals surface area contributed by atoms with Gasteiger partial charge in [-0.05, 0) is 57.2 Å². The largest absolute Gasteiger partial charge is 0.494 e. The van der Waals surface area contributed by atoms with E-state index in [0.717, 1.165) is 31.1 Å². The molecule has 0 radical (unpaired) electrons. The zero-order valence-electron chi connectivity index (χ0n) is 20.3. The molecule has 2 aromatic heterocycles. The maximum Gasteiger partial charge on any atom is 0.271 e. The summed E-state index contributed by atoms with van der Waals surface area (Å²) in [5.74, 6) is -0.230. The van der Waals surface area contributed by atoms with E-state index in [4.69, 9.17) is 15.6 Å². The molecule has 0 bridgehead atoms. The molecule has 188 valence electrons. The van der Waals surface area contributed by atoms with Crippen LogP contribution in [0.1, 0.15) is 42.2 Å². The molecule has 1 aromatic carbocycles. The van der Waals surface area contributed by atoms with Crippen molar-refractivity contribution < 1.29 is 18.9 Å². The number of nitrogens with two attached hydrogens (primary N) is 1. The van der Waals surface area contributed by atoms with Crippen molar-refractivity contribution in [1.82, 2.24) is 20.0 Å². The van der Waals surface area contributed by atoms with Crippen LogP contribution in [-0.4, -0.2) is 52.2 Å². The van der Waals surface area contributed by atoms with Crippen molar-refractivity contribution in [3.05, 3.63) is 36.0 Å². The Kier molecular flexibility index (Phi) is 6.04. The predicted octanol–water partition coefficient (Wildman–Crippen LogP) is 3.12. The number of nitrogens with zero attached hydrogens (tertiary/aromatic N) is 4. The maximum absolute atomic E-state index is 12.9. The van der Waals surface area contributed by atoms with Gasteiger partial charge in [-0.15, -0.1) is 10.2 Å². The summed E-state index contributed by atoms with van der Waals surface area (Å²) >= 11 is 0. The lowest BCUT2D eigenvalue weighted by Gasteiger charge is -2.16. The van der Waals surface area contributed by atoms with Crippen molar-refractivity contribution in [2.24, 2.45) is 11.7 Å². The molecule has 0 unspecified atom stereocenters. The summed E-state index contributed by atoms with van der Waals surface area (Å²) < 4.78 is 20.6. The topological polar surface area (TPSA) is 154 Å². The first-order valence-corrected chi connectivity index (χ1v) is 14.3. The fraction of sp³-hybridized carbons (Fsp3) is 0.375. The Morgan fingerprint density at radius 2 is 1.86 bits per heavy atom. The van der Waals surface area contributed by atoms with Crippen LogP contribution >= 0.6 is 7.14 Å². The van der Waals surface area contributed by atoms with Crippen molar-refractivity contribution >= 4 is 41.6 Å². The number of nitrogens with one attached hydrogen (secondary N) is 2. The number of aromatic nitrogens is 4. The zero-order valence-corrected chi connectivity index (χ0v) is 21.2. The molecular weight excluding hydrogens is 481 g/mol. The second-order valence-corrected chi connectivity index (χ2v) is 12.7. The number of anilines is 3. The number of ether oxygens (including phenoxy) is 1. The summed E-state index contributed by atoms with van der Waals surface area (Å²) in [6, 6.07) is 9.10. The Labute approximate surface area is 208 Å². The average Bonchev–Trinajstić information content (AvgIpc) is 3.76. The fourth-order valence-electron chi connectivity index (χ4n) is 4.01. The summed E-state index contributed by atoms with van der Waals surface area (Å²) in [4.78, 5) is 24.2. The minimum Gasteiger partial charge on any atom is -0.494 e. The molecule has 11 nitrogen and oxygen atoms in total. The maximum atomic E-state index is 12.9. The van der Waals surface area contributed by atoms with Crippen LogP contribution in [0.2, 0.25) is 0 Å². The first kappa shape index (κ1) is 24.0. The van der Waals surface area contributed by atoms with E-state index in [2.05, 4.69) is 20.8 Å². The molecule has 0 saturated heterocycles. The van der Waals surface area contributed by atoms with E-state index in [1.165, 1.54) is 13.2 Å². The number of rotatable bonds is 9. The molecule has 3 aromatic rings. The SMILES string of the molecule is COc1c(Nc2cc(NC(=O)C3CC3)nnc2C(N)=O)cccc1-c1cc(P(C)(C)=O)n(C2CC2)n1. The van der Waals surface area contributed by atoms with Crippen LogP contribution in [0.5, 0.6) is 5.75 Å². The molecule has 36 heavy (non-hydrogen) atoms. The third kappa shape index (κ3) is 4.83. The standard InChI is InChI=1S/C24H28N7O4P/c1-35-22-15(17-12-20(36(2,3)34)31(30-17)14-9-10-14)5-4-6-16(22)26-18-11-19(27-24(33)13-7-8-13)28-29-21(18)23(25)32/h4-6,11-14H,7-10H2,1-3H3,(H2,25,32)(H2,26,27,28,33). The smallest absolute Gasteiger partial charge is 0.271 e. The van der Waals surface area contributed by atoms with Gasteiger partial charge in [0.05, 0.1) is 35.7 Å². The van der Waals surface area contributed by atoms with Gasteiger partial charge in [-0.25, -0.2) is 0 Å². The van der Waals surface area contributed by atoms with Crippen LogP contribution in [0, 0.1) is 5.92 Å². The number of carbonyl (C=O) groups excluding carboxylic acids is 2. The molecule has 2 aliphatic carbocycles. The number of hydrogen-bond donors (Lipinski definition) is 3. The van der Waals surface area contributed by atoms with Gasteiger partial charge in [0.25, 0.3) is 5.91 Å². The molecule has 2 fully saturated rings. The van der Waals surface area contributed by atoms with Crippen LogP contribution in [0.25, 0.3) is 11.3 Å². The summed E-state index contributed by atoms with van der Waals surface area (Å²) in [6.45, 7) is 3.48. The second-order valence-electron chi connectivity index (χ2n) is 9.55. The monoisotopic (exact) mass is 509 g/mol. The second kappa shape index (κ2) is 9.05. The summed E-state index contributed by atoms with van der Waals surface area (Å²) in [5, 5.41) is 18.5. The van der Waals surface area contributed by atoms with Gasteiger partial charge >= 0.3 is 0 Å². The first-order valence-electron chi connectivity index (χ1n) is 11.7. The number of benzene rings is 1. The van der Waals surface area contributed by atoms with Crippen LogP contribution < -0.4 is 26.5 Å². The van der Waals surface area contributed by atoms with Gasteiger partial charge < -0.3 is 25.7 Å². The van der Waals surface area contributed by atoms with Gasteiger partial charge in [-0.1, -0.05) is 6.07 Å².